The lowest BCUT2D eigenvalue weighted by atomic mass is 10.1. The third-order valence-electron chi connectivity index (χ3n) is 3.45. The lowest BCUT2D eigenvalue weighted by Crippen LogP contribution is -2.28. The number of carbonyl (C=O) groups is 1. The van der Waals surface area contributed by atoms with Crippen LogP contribution in [0.5, 0.6) is 0 Å². The maximum Gasteiger partial charge on any atom is 0.251 e. The minimum absolute atomic E-state index is 0. The Balaban J connectivity index is 0.00000312. The number of carbonyl (C=O) groups excluding carboxylic acids is 1. The Morgan fingerprint density at radius 2 is 1.72 bits per heavy atom. The standard InChI is InChI=1S/C19H24N4O.HI/c1-13-5-4-6-16(10-13)18(24)21-7-8-22-19(20)23-17-11-14(2)9-15(3)12-17;/h4-6,9-12H,7-8H2,1-3H3,(H,21,24)(H3,20,22,23);1H. The number of nitrogens with one attached hydrogen (secondary N) is 2. The van der Waals surface area contributed by atoms with Crippen molar-refractivity contribution in [2.75, 3.05) is 18.4 Å². The van der Waals surface area contributed by atoms with Gasteiger partial charge in [-0.25, -0.2) is 0 Å². The second-order valence-corrected chi connectivity index (χ2v) is 5.89. The molecule has 0 spiro atoms. The topological polar surface area (TPSA) is 79.5 Å². The normalized spacial score (nSPS) is 10.8. The predicted octanol–water partition coefficient (Wildman–Crippen LogP) is 3.39. The molecule has 5 nitrogen and oxygen atoms in total. The highest BCUT2D eigenvalue weighted by Crippen LogP contribution is 2.13. The van der Waals surface area contributed by atoms with E-state index in [0.29, 0.717) is 24.6 Å². The summed E-state index contributed by atoms with van der Waals surface area (Å²) in [4.78, 5) is 16.2. The molecule has 0 unspecified atom stereocenters. The van der Waals surface area contributed by atoms with Crippen molar-refractivity contribution < 1.29 is 4.79 Å². The monoisotopic (exact) mass is 452 g/mol. The van der Waals surface area contributed by atoms with E-state index in [2.05, 4.69) is 21.7 Å². The van der Waals surface area contributed by atoms with E-state index in [4.69, 9.17) is 5.73 Å². The Hall–Kier alpha value is -2.09. The fraction of sp³-hybridized carbons (Fsp3) is 0.263. The van der Waals surface area contributed by atoms with Gasteiger partial charge in [0.05, 0.1) is 6.54 Å². The van der Waals surface area contributed by atoms with Crippen molar-refractivity contribution in [2.45, 2.75) is 20.8 Å². The van der Waals surface area contributed by atoms with Gasteiger partial charge in [0.1, 0.15) is 0 Å². The van der Waals surface area contributed by atoms with Crippen molar-refractivity contribution in [3.63, 3.8) is 0 Å². The zero-order valence-electron chi connectivity index (χ0n) is 14.8. The number of nitrogens with zero attached hydrogens (tertiary/aromatic N) is 1. The highest BCUT2D eigenvalue weighted by molar-refractivity contribution is 14.0. The van der Waals surface area contributed by atoms with Crippen molar-refractivity contribution >= 4 is 41.5 Å². The zero-order valence-corrected chi connectivity index (χ0v) is 17.1. The molecule has 0 fully saturated rings. The zero-order chi connectivity index (χ0) is 17.5. The summed E-state index contributed by atoms with van der Waals surface area (Å²) in [5.41, 5.74) is 10.8. The first kappa shape index (κ1) is 21.0. The number of nitrogens with two attached hydrogens (primary N) is 1. The summed E-state index contributed by atoms with van der Waals surface area (Å²) in [6.07, 6.45) is 0. The molecule has 0 atom stereocenters. The van der Waals surface area contributed by atoms with E-state index in [9.17, 15) is 4.79 Å². The molecule has 4 N–H and O–H groups in total. The first-order chi connectivity index (χ1) is 11.4. The fourth-order valence-corrected chi connectivity index (χ4v) is 2.47. The number of aliphatic imine (C=N–C) groups is 1. The molecule has 134 valence electrons. The van der Waals surface area contributed by atoms with Crippen LogP contribution in [0.15, 0.2) is 47.5 Å². The van der Waals surface area contributed by atoms with E-state index < -0.39 is 0 Å². The van der Waals surface area contributed by atoms with Crippen molar-refractivity contribution in [1.82, 2.24) is 5.32 Å². The minimum atomic E-state index is -0.102. The van der Waals surface area contributed by atoms with Gasteiger partial charge in [0.15, 0.2) is 5.96 Å². The lowest BCUT2D eigenvalue weighted by molar-refractivity contribution is 0.0954. The predicted molar refractivity (Wildman–Crippen MR) is 115 cm³/mol. The van der Waals surface area contributed by atoms with Crippen molar-refractivity contribution in [3.8, 4) is 0 Å². The van der Waals surface area contributed by atoms with Gasteiger partial charge in [0.2, 0.25) is 0 Å². The average Bonchev–Trinajstić information content (AvgIpc) is 2.50. The van der Waals surface area contributed by atoms with Crippen LogP contribution in [0.2, 0.25) is 0 Å². The molecule has 0 aliphatic heterocycles. The molecule has 0 bridgehead atoms. The van der Waals surface area contributed by atoms with Gasteiger partial charge in [0.25, 0.3) is 5.91 Å². The van der Waals surface area contributed by atoms with Crippen LogP contribution in [0.4, 0.5) is 5.69 Å². The maximum atomic E-state index is 12.0. The molecule has 0 aromatic heterocycles. The van der Waals surface area contributed by atoms with Gasteiger partial charge in [-0.1, -0.05) is 23.8 Å². The number of hydrogen-bond acceptors (Lipinski definition) is 2. The van der Waals surface area contributed by atoms with E-state index in [1.807, 2.05) is 51.1 Å². The number of aryl methyl sites for hydroxylation is 3. The quantitative estimate of drug-likeness (QED) is 0.282. The number of halogens is 1. The van der Waals surface area contributed by atoms with Crippen LogP contribution >= 0.6 is 24.0 Å². The molecule has 0 heterocycles. The van der Waals surface area contributed by atoms with Crippen LogP contribution < -0.4 is 16.4 Å². The molecule has 25 heavy (non-hydrogen) atoms. The Bertz CT molecular complexity index is 739. The van der Waals surface area contributed by atoms with E-state index in [1.54, 1.807) is 6.07 Å². The molecule has 6 heteroatoms. The van der Waals surface area contributed by atoms with Gasteiger partial charge in [-0.3, -0.25) is 9.79 Å². The van der Waals surface area contributed by atoms with Crippen molar-refractivity contribution in [3.05, 3.63) is 64.7 Å². The number of anilines is 1. The number of guanidine groups is 1. The molecule has 2 rings (SSSR count). The Labute approximate surface area is 166 Å². The molecule has 2 aromatic rings. The fourth-order valence-electron chi connectivity index (χ4n) is 2.47. The van der Waals surface area contributed by atoms with Gasteiger partial charge in [-0.2, -0.15) is 0 Å². The first-order valence-corrected chi connectivity index (χ1v) is 7.94. The molecular formula is C19H25IN4O. The number of hydrogen-bond donors (Lipinski definition) is 3. The van der Waals surface area contributed by atoms with Crippen LogP contribution in [0.3, 0.4) is 0 Å². The van der Waals surface area contributed by atoms with Gasteiger partial charge in [0, 0.05) is 17.8 Å². The van der Waals surface area contributed by atoms with Crippen LogP contribution in [-0.4, -0.2) is 25.0 Å². The third-order valence-corrected chi connectivity index (χ3v) is 3.45. The largest absolute Gasteiger partial charge is 0.370 e. The molecule has 0 saturated heterocycles. The summed E-state index contributed by atoms with van der Waals surface area (Å²) in [5.74, 6) is 0.236. The summed E-state index contributed by atoms with van der Waals surface area (Å²) >= 11 is 0. The summed E-state index contributed by atoms with van der Waals surface area (Å²) in [5, 5.41) is 5.90. The molecule has 0 radical (unpaired) electrons. The van der Waals surface area contributed by atoms with Gasteiger partial charge in [-0.05, 0) is 56.2 Å². The van der Waals surface area contributed by atoms with Crippen molar-refractivity contribution in [1.29, 1.82) is 0 Å². The Kier molecular flexibility index (Phi) is 8.40. The van der Waals surface area contributed by atoms with Gasteiger partial charge in [-0.15, -0.1) is 24.0 Å². The summed E-state index contributed by atoms with van der Waals surface area (Å²) < 4.78 is 0. The maximum absolute atomic E-state index is 12.0. The van der Waals surface area contributed by atoms with Crippen LogP contribution in [0.1, 0.15) is 27.0 Å². The highest BCUT2D eigenvalue weighted by atomic mass is 127. The van der Waals surface area contributed by atoms with E-state index in [-0.39, 0.29) is 29.9 Å². The molecule has 1 amide bonds. The third kappa shape index (κ3) is 7.13. The number of rotatable bonds is 5. The van der Waals surface area contributed by atoms with Crippen LogP contribution in [0.25, 0.3) is 0 Å². The molecule has 2 aromatic carbocycles. The van der Waals surface area contributed by atoms with E-state index in [1.165, 1.54) is 0 Å². The van der Waals surface area contributed by atoms with Gasteiger partial charge < -0.3 is 16.4 Å². The Morgan fingerprint density at radius 1 is 1.04 bits per heavy atom. The summed E-state index contributed by atoms with van der Waals surface area (Å²) in [6.45, 7) is 6.88. The van der Waals surface area contributed by atoms with Crippen molar-refractivity contribution in [2.24, 2.45) is 10.7 Å². The van der Waals surface area contributed by atoms with Crippen LogP contribution in [0, 0.1) is 20.8 Å². The second kappa shape index (κ2) is 10.0. The number of benzene rings is 2. The van der Waals surface area contributed by atoms with Crippen LogP contribution in [-0.2, 0) is 0 Å². The lowest BCUT2D eigenvalue weighted by Gasteiger charge is -2.08. The Morgan fingerprint density at radius 3 is 2.36 bits per heavy atom. The van der Waals surface area contributed by atoms with Gasteiger partial charge >= 0.3 is 0 Å². The molecule has 0 aliphatic rings. The summed E-state index contributed by atoms with van der Waals surface area (Å²) in [6, 6.07) is 13.6. The highest BCUT2D eigenvalue weighted by Gasteiger charge is 2.04. The molecule has 0 aliphatic carbocycles. The van der Waals surface area contributed by atoms with E-state index in [0.717, 1.165) is 22.4 Å². The average molecular weight is 452 g/mol. The molecule has 0 saturated carbocycles. The first-order valence-electron chi connectivity index (χ1n) is 7.94. The SMILES string of the molecule is Cc1cc(C)cc(NC(N)=NCCNC(=O)c2cccc(C)c2)c1.I. The summed E-state index contributed by atoms with van der Waals surface area (Å²) in [7, 11) is 0. The number of amides is 1. The molecular weight excluding hydrogens is 427 g/mol. The smallest absolute Gasteiger partial charge is 0.251 e. The minimum Gasteiger partial charge on any atom is -0.370 e. The van der Waals surface area contributed by atoms with E-state index >= 15 is 0 Å². The second-order valence-electron chi connectivity index (χ2n) is 5.89.